The summed E-state index contributed by atoms with van der Waals surface area (Å²) in [5, 5.41) is 0.359. The van der Waals surface area contributed by atoms with Crippen LogP contribution in [0.25, 0.3) is 0 Å². The molecule has 0 radical (unpaired) electrons. The molecule has 1 aliphatic heterocycles. The SMILES string of the molecule is CC1(C)C(=O)N(c2ccc(OC(F)(F)F)cc2)C(=O)N1Cc1ccncc1NS(=O)(=O)c1ccc(Cl)cc1. The van der Waals surface area contributed by atoms with Crippen molar-refractivity contribution in [3.63, 3.8) is 0 Å². The van der Waals surface area contributed by atoms with Crippen molar-refractivity contribution in [2.24, 2.45) is 0 Å². The van der Waals surface area contributed by atoms with E-state index < -0.39 is 39.6 Å². The molecule has 1 aromatic heterocycles. The molecule has 4 rings (SSSR count). The Morgan fingerprint density at radius 3 is 2.26 bits per heavy atom. The summed E-state index contributed by atoms with van der Waals surface area (Å²) in [4.78, 5) is 32.5. The van der Waals surface area contributed by atoms with E-state index >= 15 is 0 Å². The van der Waals surface area contributed by atoms with E-state index in [9.17, 15) is 31.2 Å². The van der Waals surface area contributed by atoms with E-state index in [1.165, 1.54) is 61.5 Å². The molecule has 1 aliphatic rings. The van der Waals surface area contributed by atoms with Crippen molar-refractivity contribution in [2.75, 3.05) is 9.62 Å². The maximum atomic E-state index is 13.4. The third-order valence-corrected chi connectivity index (χ3v) is 7.39. The zero-order valence-electron chi connectivity index (χ0n) is 19.9. The highest BCUT2D eigenvalue weighted by molar-refractivity contribution is 7.92. The van der Waals surface area contributed by atoms with Crippen LogP contribution in [0.3, 0.4) is 0 Å². The molecule has 2 aromatic carbocycles. The third kappa shape index (κ3) is 5.53. The summed E-state index contributed by atoms with van der Waals surface area (Å²) in [7, 11) is -4.03. The van der Waals surface area contributed by atoms with Gasteiger partial charge in [0.1, 0.15) is 11.3 Å². The van der Waals surface area contributed by atoms with Crippen molar-refractivity contribution in [2.45, 2.75) is 37.2 Å². The Kier molecular flexibility index (Phi) is 7.01. The van der Waals surface area contributed by atoms with Crippen molar-refractivity contribution in [3.05, 3.63) is 77.6 Å². The summed E-state index contributed by atoms with van der Waals surface area (Å²) >= 11 is 5.84. The van der Waals surface area contributed by atoms with Crippen LogP contribution in [0.4, 0.5) is 29.3 Å². The number of imide groups is 1. The van der Waals surface area contributed by atoms with Crippen LogP contribution < -0.4 is 14.4 Å². The number of pyridine rings is 1. The average Bonchev–Trinajstić information content (AvgIpc) is 2.99. The zero-order valence-corrected chi connectivity index (χ0v) is 21.4. The lowest BCUT2D eigenvalue weighted by Crippen LogP contribution is -2.43. The predicted octanol–water partition coefficient (Wildman–Crippen LogP) is 5.18. The van der Waals surface area contributed by atoms with E-state index in [2.05, 4.69) is 14.4 Å². The number of urea groups is 1. The standard InChI is InChI=1S/C24H20ClF3N4O5S/c1-23(2)21(33)32(17-5-7-18(8-6-17)37-24(26,27)28)22(34)31(23)14-15-11-12-29-13-20(15)30-38(35,36)19-9-3-16(25)4-10-19/h3-13,30H,14H2,1-2H3. The number of ether oxygens (including phenoxy) is 1. The summed E-state index contributed by atoms with van der Waals surface area (Å²) < 4.78 is 69.5. The number of anilines is 2. The molecule has 200 valence electrons. The molecule has 2 heterocycles. The minimum absolute atomic E-state index is 0.0449. The fraction of sp³-hybridized carbons (Fsp3) is 0.208. The lowest BCUT2D eigenvalue weighted by atomic mass is 10.0. The molecular weight excluding hydrogens is 549 g/mol. The first kappa shape index (κ1) is 27.2. The first-order valence-corrected chi connectivity index (χ1v) is 12.8. The Balaban J connectivity index is 1.60. The van der Waals surface area contributed by atoms with Crippen LogP contribution in [0.5, 0.6) is 5.75 Å². The Morgan fingerprint density at radius 2 is 1.66 bits per heavy atom. The first-order valence-electron chi connectivity index (χ1n) is 10.9. The zero-order chi connectivity index (χ0) is 27.9. The van der Waals surface area contributed by atoms with Gasteiger partial charge in [0.05, 0.1) is 29.0 Å². The minimum Gasteiger partial charge on any atom is -0.406 e. The van der Waals surface area contributed by atoms with Gasteiger partial charge in [0.2, 0.25) is 0 Å². The van der Waals surface area contributed by atoms with Crippen molar-refractivity contribution in [3.8, 4) is 5.75 Å². The van der Waals surface area contributed by atoms with Gasteiger partial charge in [-0.1, -0.05) is 11.6 Å². The Morgan fingerprint density at radius 1 is 1.03 bits per heavy atom. The van der Waals surface area contributed by atoms with Gasteiger partial charge in [-0.3, -0.25) is 14.5 Å². The molecule has 0 atom stereocenters. The molecule has 14 heteroatoms. The number of hydrogen-bond acceptors (Lipinski definition) is 6. The van der Waals surface area contributed by atoms with Crippen LogP contribution >= 0.6 is 11.6 Å². The average molecular weight is 569 g/mol. The number of carbonyl (C=O) groups is 2. The van der Waals surface area contributed by atoms with E-state index in [1.807, 2.05) is 0 Å². The monoisotopic (exact) mass is 568 g/mol. The van der Waals surface area contributed by atoms with E-state index in [4.69, 9.17) is 11.6 Å². The molecule has 0 unspecified atom stereocenters. The van der Waals surface area contributed by atoms with Crippen LogP contribution in [0, 0.1) is 0 Å². The van der Waals surface area contributed by atoms with Gasteiger partial charge in [-0.2, -0.15) is 0 Å². The molecule has 3 amide bonds. The van der Waals surface area contributed by atoms with Gasteiger partial charge in [-0.05, 0) is 74.0 Å². The maximum Gasteiger partial charge on any atom is 0.573 e. The van der Waals surface area contributed by atoms with Gasteiger partial charge in [0, 0.05) is 11.2 Å². The van der Waals surface area contributed by atoms with Crippen molar-refractivity contribution < 1.29 is 35.9 Å². The van der Waals surface area contributed by atoms with Crippen LogP contribution in [-0.4, -0.2) is 42.1 Å². The van der Waals surface area contributed by atoms with Crippen molar-refractivity contribution in [1.82, 2.24) is 9.88 Å². The summed E-state index contributed by atoms with van der Waals surface area (Å²) in [5.74, 6) is -1.13. The molecule has 0 spiro atoms. The number of alkyl halides is 3. The van der Waals surface area contributed by atoms with Gasteiger partial charge < -0.3 is 9.64 Å². The fourth-order valence-electron chi connectivity index (χ4n) is 3.77. The summed E-state index contributed by atoms with van der Waals surface area (Å²) in [6.07, 6.45) is -2.21. The maximum absolute atomic E-state index is 13.4. The molecule has 1 N–H and O–H groups in total. The van der Waals surface area contributed by atoms with E-state index in [1.54, 1.807) is 0 Å². The number of nitrogens with one attached hydrogen (secondary N) is 1. The number of sulfonamides is 1. The number of aromatic nitrogens is 1. The van der Waals surface area contributed by atoms with E-state index in [0.717, 1.165) is 29.2 Å². The molecule has 9 nitrogen and oxygen atoms in total. The molecule has 3 aromatic rings. The van der Waals surface area contributed by atoms with Gasteiger partial charge in [0.15, 0.2) is 0 Å². The fourth-order valence-corrected chi connectivity index (χ4v) is 4.98. The second-order valence-electron chi connectivity index (χ2n) is 8.70. The Labute approximate surface area is 220 Å². The predicted molar refractivity (Wildman–Crippen MR) is 132 cm³/mol. The normalized spacial score (nSPS) is 15.6. The lowest BCUT2D eigenvalue weighted by molar-refractivity contribution is -0.274. The number of carbonyl (C=O) groups excluding carboxylic acids is 2. The van der Waals surface area contributed by atoms with Crippen molar-refractivity contribution in [1.29, 1.82) is 0 Å². The minimum atomic E-state index is -4.89. The molecular formula is C24H20ClF3N4O5S. The molecule has 1 saturated heterocycles. The smallest absolute Gasteiger partial charge is 0.406 e. The highest BCUT2D eigenvalue weighted by atomic mass is 35.5. The Hall–Kier alpha value is -3.84. The largest absolute Gasteiger partial charge is 0.573 e. The summed E-state index contributed by atoms with van der Waals surface area (Å²) in [5.41, 5.74) is -0.884. The van der Waals surface area contributed by atoms with Crippen molar-refractivity contribution >= 4 is 44.9 Å². The number of hydrogen-bond donors (Lipinski definition) is 1. The number of amides is 3. The van der Waals surface area contributed by atoms with E-state index in [-0.39, 0.29) is 22.8 Å². The van der Waals surface area contributed by atoms with Gasteiger partial charge >= 0.3 is 12.4 Å². The van der Waals surface area contributed by atoms with Gasteiger partial charge in [0.25, 0.3) is 15.9 Å². The van der Waals surface area contributed by atoms with Crippen LogP contribution in [0.2, 0.25) is 5.02 Å². The number of nitrogens with zero attached hydrogens (tertiary/aromatic N) is 3. The van der Waals surface area contributed by atoms with Crippen LogP contribution in [0.15, 0.2) is 71.9 Å². The molecule has 0 saturated carbocycles. The number of benzene rings is 2. The van der Waals surface area contributed by atoms with E-state index in [0.29, 0.717) is 10.6 Å². The lowest BCUT2D eigenvalue weighted by Gasteiger charge is -2.28. The molecule has 1 fully saturated rings. The first-order chi connectivity index (χ1) is 17.7. The molecule has 38 heavy (non-hydrogen) atoms. The third-order valence-electron chi connectivity index (χ3n) is 5.76. The Bertz CT molecular complexity index is 1480. The topological polar surface area (TPSA) is 109 Å². The second-order valence-corrected chi connectivity index (χ2v) is 10.8. The quantitative estimate of drug-likeness (QED) is 0.393. The molecule has 0 aliphatic carbocycles. The highest BCUT2D eigenvalue weighted by Crippen LogP contribution is 2.35. The number of halogens is 4. The van der Waals surface area contributed by atoms with Crippen LogP contribution in [-0.2, 0) is 21.4 Å². The second kappa shape index (κ2) is 9.80. The summed E-state index contributed by atoms with van der Waals surface area (Å²) in [6.45, 7) is 2.84. The van der Waals surface area contributed by atoms with Crippen LogP contribution in [0.1, 0.15) is 19.4 Å². The van der Waals surface area contributed by atoms with Gasteiger partial charge in [-0.15, -0.1) is 13.2 Å². The highest BCUT2D eigenvalue weighted by Gasteiger charge is 2.52. The molecule has 0 bridgehead atoms. The summed E-state index contributed by atoms with van der Waals surface area (Å²) in [6, 6.07) is 10.6. The number of rotatable bonds is 7. The van der Waals surface area contributed by atoms with Gasteiger partial charge in [-0.25, -0.2) is 18.1 Å².